The number of benzene rings is 1. The van der Waals surface area contributed by atoms with Gasteiger partial charge in [-0.1, -0.05) is 0 Å². The Kier molecular flexibility index (Phi) is 4.32. The van der Waals surface area contributed by atoms with Crippen LogP contribution in [0.1, 0.15) is 30.5 Å². The number of hydrogen-bond donors (Lipinski definition) is 1. The average Bonchev–Trinajstić information content (AvgIpc) is 2.35. The summed E-state index contributed by atoms with van der Waals surface area (Å²) < 4.78 is 76.4. The van der Waals surface area contributed by atoms with E-state index in [1.54, 1.807) is 0 Å². The van der Waals surface area contributed by atoms with E-state index in [4.69, 9.17) is 0 Å². The molecule has 1 N–H and O–H groups in total. The molecule has 0 atom stereocenters. The van der Waals surface area contributed by atoms with E-state index in [1.807, 2.05) is 0 Å². The maximum absolute atomic E-state index is 12.7. The van der Waals surface area contributed by atoms with Gasteiger partial charge in [0, 0.05) is 7.05 Å². The molecule has 8 heteroatoms. The van der Waals surface area contributed by atoms with Crippen LogP contribution >= 0.6 is 0 Å². The number of likely N-dealkylation sites (N-methyl/N-ethyl adjacent to an activating group) is 1. The summed E-state index contributed by atoms with van der Waals surface area (Å²) in [5.74, 6) is -0.685. The molecular formula is C13H13F6NO. The van der Waals surface area contributed by atoms with Crippen LogP contribution in [0.15, 0.2) is 18.2 Å². The van der Waals surface area contributed by atoms with E-state index in [1.165, 1.54) is 20.9 Å². The molecule has 0 aliphatic heterocycles. The summed E-state index contributed by atoms with van der Waals surface area (Å²) in [7, 11) is 1.25. The molecule has 0 aromatic heterocycles. The molecule has 0 saturated heterocycles. The van der Waals surface area contributed by atoms with Crippen LogP contribution in [0.5, 0.6) is 0 Å². The number of hydrogen-bond acceptors (Lipinski definition) is 1. The molecule has 1 amide bonds. The third-order valence-corrected chi connectivity index (χ3v) is 3.10. The van der Waals surface area contributed by atoms with Crippen molar-refractivity contribution in [2.24, 2.45) is 0 Å². The fourth-order valence-corrected chi connectivity index (χ4v) is 1.76. The summed E-state index contributed by atoms with van der Waals surface area (Å²) in [5.41, 5.74) is -4.77. The van der Waals surface area contributed by atoms with E-state index >= 15 is 0 Å². The molecule has 0 unspecified atom stereocenters. The van der Waals surface area contributed by atoms with Crippen LogP contribution in [0, 0.1) is 0 Å². The lowest BCUT2D eigenvalue weighted by atomic mass is 9.82. The molecule has 1 rings (SSSR count). The fraction of sp³-hybridized carbons (Fsp3) is 0.462. The quantitative estimate of drug-likeness (QED) is 0.828. The van der Waals surface area contributed by atoms with Crippen molar-refractivity contribution in [2.75, 3.05) is 7.05 Å². The van der Waals surface area contributed by atoms with E-state index < -0.39 is 34.8 Å². The molecule has 0 fully saturated rings. The average molecular weight is 313 g/mol. The SMILES string of the molecule is CNC(=O)C(C)(C)c1cc(C(F)(F)F)cc(C(F)(F)F)c1. The molecule has 21 heavy (non-hydrogen) atoms. The number of halogens is 6. The number of rotatable bonds is 2. The molecule has 2 nitrogen and oxygen atoms in total. The second kappa shape index (κ2) is 5.23. The van der Waals surface area contributed by atoms with Gasteiger partial charge in [0.05, 0.1) is 16.5 Å². The highest BCUT2D eigenvalue weighted by Crippen LogP contribution is 2.38. The molecule has 0 aliphatic carbocycles. The Hall–Kier alpha value is -1.73. The van der Waals surface area contributed by atoms with Crippen LogP contribution in [-0.4, -0.2) is 13.0 Å². The van der Waals surface area contributed by atoms with E-state index in [-0.39, 0.29) is 11.6 Å². The highest BCUT2D eigenvalue weighted by atomic mass is 19.4. The van der Waals surface area contributed by atoms with Gasteiger partial charge in [-0.3, -0.25) is 4.79 Å². The Morgan fingerprint density at radius 2 is 1.19 bits per heavy atom. The van der Waals surface area contributed by atoms with Gasteiger partial charge in [0.25, 0.3) is 0 Å². The molecule has 1 aromatic carbocycles. The first kappa shape index (κ1) is 17.3. The summed E-state index contributed by atoms with van der Waals surface area (Å²) >= 11 is 0. The molecule has 0 heterocycles. The number of carbonyl (C=O) groups excluding carboxylic acids is 1. The third kappa shape index (κ3) is 3.68. The zero-order chi connectivity index (χ0) is 16.6. The first-order valence-electron chi connectivity index (χ1n) is 5.82. The van der Waals surface area contributed by atoms with Crippen molar-refractivity contribution >= 4 is 5.91 Å². The van der Waals surface area contributed by atoms with Crippen molar-refractivity contribution in [2.45, 2.75) is 31.6 Å². The highest BCUT2D eigenvalue weighted by molar-refractivity contribution is 5.87. The lowest BCUT2D eigenvalue weighted by molar-refractivity contribution is -0.143. The normalized spacial score (nSPS) is 13.2. The Labute approximate surface area is 117 Å². The van der Waals surface area contributed by atoms with Gasteiger partial charge in [-0.15, -0.1) is 0 Å². The van der Waals surface area contributed by atoms with Crippen LogP contribution in [0.25, 0.3) is 0 Å². The Balaban J connectivity index is 3.57. The minimum Gasteiger partial charge on any atom is -0.358 e. The second-order valence-electron chi connectivity index (χ2n) is 5.00. The van der Waals surface area contributed by atoms with Gasteiger partial charge in [-0.25, -0.2) is 0 Å². The van der Waals surface area contributed by atoms with Gasteiger partial charge >= 0.3 is 12.4 Å². The largest absolute Gasteiger partial charge is 0.416 e. The van der Waals surface area contributed by atoms with E-state index in [9.17, 15) is 31.1 Å². The van der Waals surface area contributed by atoms with Gasteiger partial charge < -0.3 is 5.32 Å². The minimum absolute atomic E-state index is 0.0312. The van der Waals surface area contributed by atoms with Crippen molar-refractivity contribution in [3.63, 3.8) is 0 Å². The molecular weight excluding hydrogens is 300 g/mol. The summed E-state index contributed by atoms with van der Waals surface area (Å²) in [6.07, 6.45) is -9.87. The van der Waals surface area contributed by atoms with Crippen molar-refractivity contribution < 1.29 is 31.1 Å². The smallest absolute Gasteiger partial charge is 0.358 e. The molecule has 118 valence electrons. The molecule has 0 radical (unpaired) electrons. The first-order chi connectivity index (χ1) is 9.30. The van der Waals surface area contributed by atoms with Crippen molar-refractivity contribution in [3.05, 3.63) is 34.9 Å². The first-order valence-corrected chi connectivity index (χ1v) is 5.82. The predicted octanol–water partition coefficient (Wildman–Crippen LogP) is 3.75. The standard InChI is InChI=1S/C13H13F6NO/c1-11(2,10(21)20-3)7-4-8(12(14,15)16)6-9(5-7)13(17,18)19/h4-6H,1-3H3,(H,20,21). The number of nitrogens with one attached hydrogen (secondary N) is 1. The summed E-state index contributed by atoms with van der Waals surface area (Å²) in [4.78, 5) is 11.7. The molecule has 0 bridgehead atoms. The zero-order valence-corrected chi connectivity index (χ0v) is 11.4. The Morgan fingerprint density at radius 3 is 1.48 bits per heavy atom. The predicted molar refractivity (Wildman–Crippen MR) is 63.5 cm³/mol. The summed E-state index contributed by atoms with van der Waals surface area (Å²) in [6, 6.07) is 1.15. The van der Waals surface area contributed by atoms with Crippen LogP contribution in [0.3, 0.4) is 0 Å². The van der Waals surface area contributed by atoms with Gasteiger partial charge in [-0.2, -0.15) is 26.3 Å². The van der Waals surface area contributed by atoms with E-state index in [0.717, 1.165) is 0 Å². The van der Waals surface area contributed by atoms with Crippen LogP contribution < -0.4 is 5.32 Å². The van der Waals surface area contributed by atoms with Gasteiger partial charge in [0.2, 0.25) is 5.91 Å². The highest BCUT2D eigenvalue weighted by Gasteiger charge is 2.39. The van der Waals surface area contributed by atoms with Crippen molar-refractivity contribution in [1.29, 1.82) is 0 Å². The number of carbonyl (C=O) groups is 1. The Bertz CT molecular complexity index is 512. The number of alkyl halides is 6. The van der Waals surface area contributed by atoms with Gasteiger partial charge in [0.15, 0.2) is 0 Å². The maximum atomic E-state index is 12.7. The van der Waals surface area contributed by atoms with Gasteiger partial charge in [0.1, 0.15) is 0 Å². The van der Waals surface area contributed by atoms with Crippen molar-refractivity contribution in [3.8, 4) is 0 Å². The topological polar surface area (TPSA) is 29.1 Å². The van der Waals surface area contributed by atoms with Crippen molar-refractivity contribution in [1.82, 2.24) is 5.32 Å². The third-order valence-electron chi connectivity index (χ3n) is 3.10. The maximum Gasteiger partial charge on any atom is 0.416 e. The van der Waals surface area contributed by atoms with E-state index in [0.29, 0.717) is 12.1 Å². The minimum atomic E-state index is -4.94. The van der Waals surface area contributed by atoms with Crippen LogP contribution in [0.2, 0.25) is 0 Å². The summed E-state index contributed by atoms with van der Waals surface area (Å²) in [5, 5.41) is 2.22. The Morgan fingerprint density at radius 1 is 0.857 bits per heavy atom. The van der Waals surface area contributed by atoms with Gasteiger partial charge in [-0.05, 0) is 37.6 Å². The lowest BCUT2D eigenvalue weighted by Crippen LogP contribution is -2.38. The zero-order valence-electron chi connectivity index (χ0n) is 11.4. The van der Waals surface area contributed by atoms with Crippen LogP contribution in [0.4, 0.5) is 26.3 Å². The summed E-state index contributed by atoms with van der Waals surface area (Å²) in [6.45, 7) is 2.50. The lowest BCUT2D eigenvalue weighted by Gasteiger charge is -2.25. The second-order valence-corrected chi connectivity index (χ2v) is 5.00. The fourth-order valence-electron chi connectivity index (χ4n) is 1.76. The monoisotopic (exact) mass is 313 g/mol. The molecule has 0 aliphatic rings. The molecule has 1 aromatic rings. The van der Waals surface area contributed by atoms with Crippen LogP contribution in [-0.2, 0) is 22.6 Å². The van der Waals surface area contributed by atoms with E-state index in [2.05, 4.69) is 5.32 Å². The molecule has 0 saturated carbocycles. The molecule has 0 spiro atoms. The number of amides is 1.